The molecule has 0 aliphatic carbocycles. The van der Waals surface area contributed by atoms with Crippen molar-refractivity contribution in [1.82, 2.24) is 4.90 Å². The standard InChI is InChI=1S/C22H26FNO3/c1-3-27-22(25)18-12-13-24(15-16-4-10-20(26-2)11-5-16)21(14-18)17-6-8-19(23)9-7-17/h4-11,18,21H,3,12-15H2,1-2H3. The highest BCUT2D eigenvalue weighted by Crippen LogP contribution is 2.36. The summed E-state index contributed by atoms with van der Waals surface area (Å²) >= 11 is 0. The lowest BCUT2D eigenvalue weighted by Gasteiger charge is -2.39. The van der Waals surface area contributed by atoms with Crippen molar-refractivity contribution in [2.24, 2.45) is 5.92 Å². The number of ether oxygens (including phenoxy) is 2. The first-order valence-electron chi connectivity index (χ1n) is 9.39. The molecule has 0 aromatic heterocycles. The summed E-state index contributed by atoms with van der Waals surface area (Å²) in [6, 6.07) is 14.7. The lowest BCUT2D eigenvalue weighted by Crippen LogP contribution is -2.39. The summed E-state index contributed by atoms with van der Waals surface area (Å²) in [5.74, 6) is 0.328. The molecule has 2 aromatic rings. The van der Waals surface area contributed by atoms with Gasteiger partial charge >= 0.3 is 5.97 Å². The SMILES string of the molecule is CCOC(=O)C1CCN(Cc2ccc(OC)cc2)C(c2ccc(F)cc2)C1. The minimum atomic E-state index is -0.252. The number of rotatable bonds is 6. The van der Waals surface area contributed by atoms with Crippen LogP contribution in [0.2, 0.25) is 0 Å². The van der Waals surface area contributed by atoms with Gasteiger partial charge in [0.2, 0.25) is 0 Å². The van der Waals surface area contributed by atoms with Gasteiger partial charge in [-0.05, 0) is 61.7 Å². The molecule has 1 heterocycles. The maximum absolute atomic E-state index is 13.4. The Labute approximate surface area is 159 Å². The topological polar surface area (TPSA) is 38.8 Å². The molecule has 0 spiro atoms. The number of carbonyl (C=O) groups excluding carboxylic acids is 1. The Kier molecular flexibility index (Phi) is 6.45. The number of methoxy groups -OCH3 is 1. The van der Waals surface area contributed by atoms with Gasteiger partial charge in [0.05, 0.1) is 19.6 Å². The molecule has 2 atom stereocenters. The van der Waals surface area contributed by atoms with Crippen molar-refractivity contribution in [3.05, 3.63) is 65.5 Å². The van der Waals surface area contributed by atoms with Gasteiger partial charge in [0.15, 0.2) is 0 Å². The third-order valence-corrected chi connectivity index (χ3v) is 5.13. The molecule has 4 nitrogen and oxygen atoms in total. The van der Waals surface area contributed by atoms with Crippen LogP contribution in [0, 0.1) is 11.7 Å². The van der Waals surface area contributed by atoms with Crippen LogP contribution in [-0.2, 0) is 16.1 Å². The molecule has 1 aliphatic heterocycles. The number of hydrogen-bond donors (Lipinski definition) is 0. The van der Waals surface area contributed by atoms with Crippen LogP contribution in [0.1, 0.15) is 36.9 Å². The van der Waals surface area contributed by atoms with E-state index in [4.69, 9.17) is 9.47 Å². The van der Waals surface area contributed by atoms with Crippen molar-refractivity contribution >= 4 is 5.97 Å². The van der Waals surface area contributed by atoms with Crippen LogP contribution in [0.15, 0.2) is 48.5 Å². The molecular formula is C22H26FNO3. The van der Waals surface area contributed by atoms with Gasteiger partial charge in [0, 0.05) is 12.6 Å². The minimum absolute atomic E-state index is 0.0517. The molecule has 1 saturated heterocycles. The second kappa shape index (κ2) is 9.00. The second-order valence-corrected chi connectivity index (χ2v) is 6.86. The van der Waals surface area contributed by atoms with Crippen LogP contribution in [-0.4, -0.2) is 31.1 Å². The molecule has 1 aliphatic rings. The first kappa shape index (κ1) is 19.4. The van der Waals surface area contributed by atoms with Crippen molar-refractivity contribution in [1.29, 1.82) is 0 Å². The molecule has 0 N–H and O–H groups in total. The fourth-order valence-electron chi connectivity index (χ4n) is 3.67. The molecule has 2 aromatic carbocycles. The van der Waals surface area contributed by atoms with E-state index in [2.05, 4.69) is 17.0 Å². The summed E-state index contributed by atoms with van der Waals surface area (Å²) in [7, 11) is 1.65. The molecule has 1 fully saturated rings. The summed E-state index contributed by atoms with van der Waals surface area (Å²) in [6.07, 6.45) is 1.45. The number of hydrogen-bond acceptors (Lipinski definition) is 4. The van der Waals surface area contributed by atoms with Crippen LogP contribution in [0.4, 0.5) is 4.39 Å². The van der Waals surface area contributed by atoms with Crippen molar-refractivity contribution in [3.63, 3.8) is 0 Å². The van der Waals surface area contributed by atoms with E-state index in [1.807, 2.05) is 31.2 Å². The molecule has 144 valence electrons. The second-order valence-electron chi connectivity index (χ2n) is 6.86. The molecule has 0 bridgehead atoms. The smallest absolute Gasteiger partial charge is 0.309 e. The van der Waals surface area contributed by atoms with Crippen LogP contribution in [0.3, 0.4) is 0 Å². The average molecular weight is 371 g/mol. The summed E-state index contributed by atoms with van der Waals surface area (Å²) in [6.45, 7) is 3.78. The molecule has 27 heavy (non-hydrogen) atoms. The lowest BCUT2D eigenvalue weighted by molar-refractivity contribution is -0.150. The van der Waals surface area contributed by atoms with E-state index >= 15 is 0 Å². The normalized spacial score (nSPS) is 20.3. The highest BCUT2D eigenvalue weighted by molar-refractivity contribution is 5.72. The van der Waals surface area contributed by atoms with E-state index in [1.54, 1.807) is 7.11 Å². The Balaban J connectivity index is 1.79. The van der Waals surface area contributed by atoms with Gasteiger partial charge in [0.1, 0.15) is 11.6 Å². The summed E-state index contributed by atoms with van der Waals surface area (Å²) in [5, 5.41) is 0. The number of nitrogens with zero attached hydrogens (tertiary/aromatic N) is 1. The van der Waals surface area contributed by atoms with Crippen LogP contribution in [0.5, 0.6) is 5.75 Å². The highest BCUT2D eigenvalue weighted by Gasteiger charge is 2.33. The highest BCUT2D eigenvalue weighted by atomic mass is 19.1. The van der Waals surface area contributed by atoms with E-state index in [9.17, 15) is 9.18 Å². The summed E-state index contributed by atoms with van der Waals surface area (Å²) < 4.78 is 23.8. The molecule has 2 unspecified atom stereocenters. The molecule has 5 heteroatoms. The Bertz CT molecular complexity index is 745. The molecular weight excluding hydrogens is 345 g/mol. The predicted octanol–water partition coefficient (Wildman–Crippen LogP) is 4.35. The summed E-state index contributed by atoms with van der Waals surface area (Å²) in [5.41, 5.74) is 2.21. The number of likely N-dealkylation sites (tertiary alicyclic amines) is 1. The number of carbonyl (C=O) groups is 1. The lowest BCUT2D eigenvalue weighted by atomic mass is 9.86. The number of halogens is 1. The van der Waals surface area contributed by atoms with E-state index in [0.717, 1.165) is 30.8 Å². The van der Waals surface area contributed by atoms with E-state index < -0.39 is 0 Å². The zero-order chi connectivity index (χ0) is 19.2. The average Bonchev–Trinajstić information content (AvgIpc) is 2.70. The third-order valence-electron chi connectivity index (χ3n) is 5.13. The Morgan fingerprint density at radius 2 is 1.85 bits per heavy atom. The number of benzene rings is 2. The Morgan fingerprint density at radius 3 is 2.48 bits per heavy atom. The van der Waals surface area contributed by atoms with Crippen LogP contribution in [0.25, 0.3) is 0 Å². The predicted molar refractivity (Wildman–Crippen MR) is 102 cm³/mol. The monoisotopic (exact) mass is 371 g/mol. The fraction of sp³-hybridized carbons (Fsp3) is 0.409. The molecule has 0 saturated carbocycles. The molecule has 0 radical (unpaired) electrons. The van der Waals surface area contributed by atoms with Gasteiger partial charge in [-0.25, -0.2) is 4.39 Å². The fourth-order valence-corrected chi connectivity index (χ4v) is 3.67. The molecule has 3 rings (SSSR count). The maximum atomic E-state index is 13.4. The van der Waals surface area contributed by atoms with Crippen molar-refractivity contribution < 1.29 is 18.7 Å². The van der Waals surface area contributed by atoms with Crippen molar-refractivity contribution in [2.75, 3.05) is 20.3 Å². The van der Waals surface area contributed by atoms with Gasteiger partial charge < -0.3 is 9.47 Å². The van der Waals surface area contributed by atoms with Gasteiger partial charge in [-0.3, -0.25) is 9.69 Å². The molecule has 0 amide bonds. The number of piperidine rings is 1. The van der Waals surface area contributed by atoms with Crippen molar-refractivity contribution in [2.45, 2.75) is 32.4 Å². The van der Waals surface area contributed by atoms with E-state index in [0.29, 0.717) is 13.0 Å². The van der Waals surface area contributed by atoms with Crippen molar-refractivity contribution in [3.8, 4) is 5.75 Å². The quantitative estimate of drug-likeness (QED) is 0.708. The number of esters is 1. The largest absolute Gasteiger partial charge is 0.497 e. The van der Waals surface area contributed by atoms with Crippen LogP contribution >= 0.6 is 0 Å². The zero-order valence-corrected chi connectivity index (χ0v) is 15.9. The zero-order valence-electron chi connectivity index (χ0n) is 15.9. The Morgan fingerprint density at radius 1 is 1.15 bits per heavy atom. The van der Waals surface area contributed by atoms with E-state index in [-0.39, 0.29) is 23.7 Å². The summed E-state index contributed by atoms with van der Waals surface area (Å²) in [4.78, 5) is 14.6. The Hall–Kier alpha value is -2.40. The first-order valence-corrected chi connectivity index (χ1v) is 9.39. The third kappa shape index (κ3) is 4.86. The van der Waals surface area contributed by atoms with Gasteiger partial charge in [-0.1, -0.05) is 24.3 Å². The van der Waals surface area contributed by atoms with Crippen LogP contribution < -0.4 is 4.74 Å². The first-order chi connectivity index (χ1) is 13.1. The maximum Gasteiger partial charge on any atom is 0.309 e. The minimum Gasteiger partial charge on any atom is -0.497 e. The van der Waals surface area contributed by atoms with Gasteiger partial charge in [-0.15, -0.1) is 0 Å². The van der Waals surface area contributed by atoms with E-state index in [1.165, 1.54) is 17.7 Å². The van der Waals surface area contributed by atoms with Gasteiger partial charge in [-0.2, -0.15) is 0 Å². The van der Waals surface area contributed by atoms with Gasteiger partial charge in [0.25, 0.3) is 0 Å².